The molecule has 26 heavy (non-hydrogen) atoms. The summed E-state index contributed by atoms with van der Waals surface area (Å²) in [6.45, 7) is -0.0148. The van der Waals surface area contributed by atoms with Gasteiger partial charge in [-0.2, -0.15) is 0 Å². The quantitative estimate of drug-likeness (QED) is 0.582. The third-order valence-electron chi connectivity index (χ3n) is 3.87. The number of rotatable bonds is 6. The van der Waals surface area contributed by atoms with Crippen molar-refractivity contribution in [3.63, 3.8) is 0 Å². The van der Waals surface area contributed by atoms with Crippen LogP contribution < -0.4 is 10.0 Å². The molecular weight excluding hydrogens is 352 g/mol. The molecule has 0 radical (unpaired) electrons. The minimum Gasteiger partial charge on any atom is -0.507 e. The summed E-state index contributed by atoms with van der Waals surface area (Å²) in [5.41, 5.74) is 0.564. The molecule has 0 unspecified atom stereocenters. The molecule has 1 amide bonds. The van der Waals surface area contributed by atoms with Gasteiger partial charge >= 0.3 is 0 Å². The molecule has 6 nitrogen and oxygen atoms in total. The number of benzene rings is 3. The van der Waals surface area contributed by atoms with Gasteiger partial charge in [0.05, 0.1) is 4.90 Å². The fourth-order valence-corrected chi connectivity index (χ4v) is 3.64. The topological polar surface area (TPSA) is 95.5 Å². The van der Waals surface area contributed by atoms with Crippen LogP contribution in [0.4, 0.5) is 5.69 Å². The second kappa shape index (κ2) is 7.55. The van der Waals surface area contributed by atoms with Crippen molar-refractivity contribution >= 4 is 32.4 Å². The molecule has 7 heteroatoms. The van der Waals surface area contributed by atoms with Gasteiger partial charge in [-0.1, -0.05) is 42.5 Å². The number of carbonyl (C=O) groups is 1. The number of phenols is 1. The van der Waals surface area contributed by atoms with Gasteiger partial charge in [0.1, 0.15) is 5.75 Å². The Morgan fingerprint density at radius 1 is 0.885 bits per heavy atom. The Morgan fingerprint density at radius 2 is 1.54 bits per heavy atom. The Labute approximate surface area is 151 Å². The van der Waals surface area contributed by atoms with Crippen molar-refractivity contribution in [1.82, 2.24) is 4.72 Å². The number of hydrogen-bond acceptors (Lipinski definition) is 4. The maximum absolute atomic E-state index is 12.2. The number of aromatic hydroxyl groups is 1. The third-order valence-corrected chi connectivity index (χ3v) is 5.35. The van der Waals surface area contributed by atoms with E-state index in [9.17, 15) is 18.3 Å². The van der Waals surface area contributed by atoms with E-state index in [0.717, 1.165) is 0 Å². The largest absolute Gasteiger partial charge is 0.507 e. The van der Waals surface area contributed by atoms with Crippen molar-refractivity contribution in [2.24, 2.45) is 0 Å². The van der Waals surface area contributed by atoms with Crippen LogP contribution in [0.15, 0.2) is 71.6 Å². The highest BCUT2D eigenvalue weighted by Gasteiger charge is 2.14. The lowest BCUT2D eigenvalue weighted by molar-refractivity contribution is -0.116. The van der Waals surface area contributed by atoms with Crippen LogP contribution in [-0.2, 0) is 14.8 Å². The standard InChI is InChI=1S/C19H18N2O4S/c22-18-11-10-17(15-8-4-5-9-16(15)18)21-19(23)12-13-20-26(24,25)14-6-2-1-3-7-14/h1-11,20,22H,12-13H2,(H,21,23). The fourth-order valence-electron chi connectivity index (χ4n) is 2.59. The minimum absolute atomic E-state index is 0.0126. The van der Waals surface area contributed by atoms with Gasteiger partial charge in [-0.25, -0.2) is 13.1 Å². The lowest BCUT2D eigenvalue weighted by Gasteiger charge is -2.10. The van der Waals surface area contributed by atoms with Crippen molar-refractivity contribution in [3.05, 3.63) is 66.7 Å². The van der Waals surface area contributed by atoms with E-state index in [1.54, 1.807) is 42.5 Å². The first-order chi connectivity index (χ1) is 12.5. The van der Waals surface area contributed by atoms with E-state index in [4.69, 9.17) is 0 Å². The van der Waals surface area contributed by atoms with Gasteiger partial charge in [-0.05, 0) is 24.3 Å². The number of carbonyl (C=O) groups excluding carboxylic acids is 1. The summed E-state index contributed by atoms with van der Waals surface area (Å²) >= 11 is 0. The van der Waals surface area contributed by atoms with E-state index in [-0.39, 0.29) is 29.5 Å². The van der Waals surface area contributed by atoms with Gasteiger partial charge in [-0.15, -0.1) is 0 Å². The van der Waals surface area contributed by atoms with Gasteiger partial charge in [0, 0.05) is 29.4 Å². The van der Waals surface area contributed by atoms with Gasteiger partial charge in [0.2, 0.25) is 15.9 Å². The Balaban J connectivity index is 1.63. The zero-order valence-corrected chi connectivity index (χ0v) is 14.7. The van der Waals surface area contributed by atoms with Gasteiger partial charge in [0.25, 0.3) is 0 Å². The van der Waals surface area contributed by atoms with Crippen molar-refractivity contribution < 1.29 is 18.3 Å². The molecular formula is C19H18N2O4S. The smallest absolute Gasteiger partial charge is 0.240 e. The van der Waals surface area contributed by atoms with Gasteiger partial charge < -0.3 is 10.4 Å². The van der Waals surface area contributed by atoms with Crippen molar-refractivity contribution in [2.45, 2.75) is 11.3 Å². The number of hydrogen-bond donors (Lipinski definition) is 3. The van der Waals surface area contributed by atoms with E-state index < -0.39 is 10.0 Å². The maximum Gasteiger partial charge on any atom is 0.240 e. The van der Waals surface area contributed by atoms with Gasteiger partial charge in [-0.3, -0.25) is 4.79 Å². The molecule has 0 bridgehead atoms. The molecule has 3 aromatic rings. The number of nitrogens with one attached hydrogen (secondary N) is 2. The van der Waals surface area contributed by atoms with Crippen LogP contribution in [0, 0.1) is 0 Å². The SMILES string of the molecule is O=C(CCNS(=O)(=O)c1ccccc1)Nc1ccc(O)c2ccccc12. The van der Waals surface area contributed by atoms with Crippen molar-refractivity contribution in [2.75, 3.05) is 11.9 Å². The van der Waals surface area contributed by atoms with Crippen molar-refractivity contribution in [1.29, 1.82) is 0 Å². The highest BCUT2D eigenvalue weighted by atomic mass is 32.2. The molecule has 0 aromatic heterocycles. The predicted octanol–water partition coefficient (Wildman–Crippen LogP) is 2.85. The number of anilines is 1. The molecule has 0 fully saturated rings. The van der Waals surface area contributed by atoms with E-state index in [2.05, 4.69) is 10.0 Å². The summed E-state index contributed by atoms with van der Waals surface area (Å²) in [7, 11) is -3.63. The van der Waals surface area contributed by atoms with Gasteiger partial charge in [0.15, 0.2) is 0 Å². The number of amides is 1. The summed E-state index contributed by atoms with van der Waals surface area (Å²) in [5, 5.41) is 14.0. The second-order valence-corrected chi connectivity index (χ2v) is 7.45. The van der Waals surface area contributed by atoms with Crippen LogP contribution in [-0.4, -0.2) is 26.0 Å². The summed E-state index contributed by atoms with van der Waals surface area (Å²) < 4.78 is 26.6. The Morgan fingerprint density at radius 3 is 2.27 bits per heavy atom. The first-order valence-electron chi connectivity index (χ1n) is 8.03. The number of fused-ring (bicyclic) bond motifs is 1. The minimum atomic E-state index is -3.63. The number of sulfonamides is 1. The fraction of sp³-hybridized carbons (Fsp3) is 0.105. The van der Waals surface area contributed by atoms with E-state index in [0.29, 0.717) is 16.5 Å². The van der Waals surface area contributed by atoms with Crippen LogP contribution >= 0.6 is 0 Å². The molecule has 0 aliphatic carbocycles. The average Bonchev–Trinajstić information content (AvgIpc) is 2.65. The van der Waals surface area contributed by atoms with Crippen LogP contribution in [0.3, 0.4) is 0 Å². The Kier molecular flexibility index (Phi) is 5.20. The maximum atomic E-state index is 12.2. The molecule has 3 aromatic carbocycles. The highest BCUT2D eigenvalue weighted by molar-refractivity contribution is 7.89. The third kappa shape index (κ3) is 4.01. The Hall–Kier alpha value is -2.90. The van der Waals surface area contributed by atoms with E-state index in [1.807, 2.05) is 6.07 Å². The molecule has 0 aliphatic rings. The van der Waals surface area contributed by atoms with E-state index in [1.165, 1.54) is 18.2 Å². The van der Waals surface area contributed by atoms with Crippen molar-refractivity contribution in [3.8, 4) is 5.75 Å². The zero-order valence-electron chi connectivity index (χ0n) is 13.8. The summed E-state index contributed by atoms with van der Waals surface area (Å²) in [4.78, 5) is 12.3. The lowest BCUT2D eigenvalue weighted by Crippen LogP contribution is -2.27. The normalized spacial score (nSPS) is 11.4. The Bertz CT molecular complexity index is 1030. The summed E-state index contributed by atoms with van der Waals surface area (Å²) in [5.74, 6) is -0.189. The monoisotopic (exact) mass is 370 g/mol. The first kappa shape index (κ1) is 17.9. The van der Waals surface area contributed by atoms with E-state index >= 15 is 0 Å². The summed E-state index contributed by atoms with van der Waals surface area (Å²) in [6.07, 6.45) is -0.0126. The molecule has 3 N–H and O–H groups in total. The molecule has 0 saturated carbocycles. The first-order valence-corrected chi connectivity index (χ1v) is 9.51. The molecule has 134 valence electrons. The van der Waals surface area contributed by atoms with Crippen LogP contribution in [0.25, 0.3) is 10.8 Å². The average molecular weight is 370 g/mol. The lowest BCUT2D eigenvalue weighted by atomic mass is 10.1. The van der Waals surface area contributed by atoms with Crippen LogP contribution in [0.2, 0.25) is 0 Å². The zero-order chi connectivity index (χ0) is 18.6. The van der Waals surface area contributed by atoms with Crippen LogP contribution in [0.1, 0.15) is 6.42 Å². The molecule has 0 atom stereocenters. The molecule has 3 rings (SSSR count). The molecule has 0 saturated heterocycles. The highest BCUT2D eigenvalue weighted by Crippen LogP contribution is 2.30. The molecule has 0 aliphatic heterocycles. The summed E-state index contributed by atoms with van der Waals surface area (Å²) in [6, 6.07) is 18.3. The second-order valence-electron chi connectivity index (χ2n) is 5.69. The predicted molar refractivity (Wildman–Crippen MR) is 100 cm³/mol. The molecule has 0 spiro atoms. The number of phenolic OH excluding ortho intramolecular Hbond substituents is 1. The molecule has 0 heterocycles. The van der Waals surface area contributed by atoms with Crippen LogP contribution in [0.5, 0.6) is 5.75 Å².